The lowest BCUT2D eigenvalue weighted by Crippen LogP contribution is -2.55. The Morgan fingerprint density at radius 2 is 1.77 bits per heavy atom. The normalized spacial score (nSPS) is 17.2. The highest BCUT2D eigenvalue weighted by Gasteiger charge is 2.35. The van der Waals surface area contributed by atoms with E-state index in [0.29, 0.717) is 31.0 Å². The van der Waals surface area contributed by atoms with E-state index in [-0.39, 0.29) is 24.2 Å². The molecule has 4 aromatic rings. The zero-order valence-electron chi connectivity index (χ0n) is 19.9. The van der Waals surface area contributed by atoms with Crippen LogP contribution in [-0.4, -0.2) is 53.8 Å². The van der Waals surface area contributed by atoms with Gasteiger partial charge in [-0.15, -0.1) is 0 Å². The van der Waals surface area contributed by atoms with Crippen LogP contribution >= 0.6 is 0 Å². The SMILES string of the molecule is Cc1cccc(Cn2c(C(=O)N3CCN(S(=O)(=O)Cc4ccccc4)C(C)C3)cc3ccoc32)c1. The van der Waals surface area contributed by atoms with Crippen LogP contribution in [0.15, 0.2) is 77.4 Å². The summed E-state index contributed by atoms with van der Waals surface area (Å²) in [6, 6.07) is 20.8. The number of carbonyl (C=O) groups excluding carboxylic acids is 1. The van der Waals surface area contributed by atoms with Crippen LogP contribution < -0.4 is 0 Å². The fourth-order valence-electron chi connectivity index (χ4n) is 4.87. The highest BCUT2D eigenvalue weighted by Crippen LogP contribution is 2.26. The van der Waals surface area contributed by atoms with E-state index in [4.69, 9.17) is 4.42 Å². The number of carbonyl (C=O) groups is 1. The van der Waals surface area contributed by atoms with E-state index in [0.717, 1.165) is 22.1 Å². The molecule has 0 saturated carbocycles. The Morgan fingerprint density at radius 3 is 2.51 bits per heavy atom. The molecular weight excluding hydrogens is 462 g/mol. The van der Waals surface area contributed by atoms with Crippen LogP contribution in [0.25, 0.3) is 11.1 Å². The van der Waals surface area contributed by atoms with Gasteiger partial charge in [0.05, 0.1) is 18.6 Å². The number of sulfonamides is 1. The fourth-order valence-corrected chi connectivity index (χ4v) is 6.63. The second-order valence-corrected chi connectivity index (χ2v) is 11.2. The monoisotopic (exact) mass is 491 g/mol. The highest BCUT2D eigenvalue weighted by molar-refractivity contribution is 7.88. The lowest BCUT2D eigenvalue weighted by atomic mass is 10.1. The van der Waals surface area contributed by atoms with E-state index < -0.39 is 10.0 Å². The van der Waals surface area contributed by atoms with Crippen molar-refractivity contribution in [3.63, 3.8) is 0 Å². The molecule has 3 heterocycles. The third-order valence-electron chi connectivity index (χ3n) is 6.55. The number of rotatable bonds is 6. The Hall–Kier alpha value is -3.36. The predicted octanol–water partition coefficient (Wildman–Crippen LogP) is 4.27. The molecule has 1 unspecified atom stereocenters. The number of aromatic nitrogens is 1. The summed E-state index contributed by atoms with van der Waals surface area (Å²) in [7, 11) is -3.49. The minimum absolute atomic E-state index is 0.0398. The van der Waals surface area contributed by atoms with E-state index >= 15 is 0 Å². The predicted molar refractivity (Wildman–Crippen MR) is 136 cm³/mol. The van der Waals surface area contributed by atoms with Gasteiger partial charge in [-0.3, -0.25) is 4.79 Å². The smallest absolute Gasteiger partial charge is 0.270 e. The molecular formula is C27H29N3O4S. The first-order valence-electron chi connectivity index (χ1n) is 11.8. The number of benzene rings is 2. The minimum atomic E-state index is -3.49. The van der Waals surface area contributed by atoms with Crippen molar-refractivity contribution >= 4 is 27.0 Å². The van der Waals surface area contributed by atoms with Gasteiger partial charge in [0.25, 0.3) is 5.91 Å². The lowest BCUT2D eigenvalue weighted by Gasteiger charge is -2.39. The maximum Gasteiger partial charge on any atom is 0.270 e. The molecule has 1 aliphatic rings. The van der Waals surface area contributed by atoms with Gasteiger partial charge in [0, 0.05) is 31.1 Å². The molecule has 1 atom stereocenters. The van der Waals surface area contributed by atoms with Gasteiger partial charge in [-0.25, -0.2) is 8.42 Å². The maximum atomic E-state index is 13.6. The summed E-state index contributed by atoms with van der Waals surface area (Å²) in [4.78, 5) is 15.4. The molecule has 8 heteroatoms. The third kappa shape index (κ3) is 4.76. The average Bonchev–Trinajstić information content (AvgIpc) is 3.41. The van der Waals surface area contributed by atoms with Crippen molar-refractivity contribution in [1.29, 1.82) is 0 Å². The Balaban J connectivity index is 1.35. The molecule has 1 saturated heterocycles. The van der Waals surface area contributed by atoms with Gasteiger partial charge in [0.1, 0.15) is 5.69 Å². The summed E-state index contributed by atoms with van der Waals surface area (Å²) in [5.74, 6) is -0.155. The van der Waals surface area contributed by atoms with Gasteiger partial charge >= 0.3 is 0 Å². The number of hydrogen-bond donors (Lipinski definition) is 0. The lowest BCUT2D eigenvalue weighted by molar-refractivity contribution is 0.0631. The molecule has 182 valence electrons. The van der Waals surface area contributed by atoms with Gasteiger partial charge in [-0.1, -0.05) is 60.2 Å². The standard InChI is InChI=1S/C27H29N3O4S/c1-20-7-6-10-23(15-20)18-29-25(16-24-11-14-34-27(24)29)26(31)28-12-13-30(21(2)17-28)35(32,33)19-22-8-4-3-5-9-22/h3-11,14-16,21H,12-13,17-19H2,1-2H3. The van der Waals surface area contributed by atoms with Gasteiger partial charge < -0.3 is 13.9 Å². The first-order valence-corrected chi connectivity index (χ1v) is 13.4. The molecule has 0 N–H and O–H groups in total. The Morgan fingerprint density at radius 1 is 1.00 bits per heavy atom. The van der Waals surface area contributed by atoms with Crippen LogP contribution in [0.2, 0.25) is 0 Å². The number of aryl methyl sites for hydroxylation is 1. The zero-order chi connectivity index (χ0) is 24.6. The Kier molecular flexibility index (Phi) is 6.25. The molecule has 1 amide bonds. The molecule has 2 aromatic carbocycles. The van der Waals surface area contributed by atoms with Crippen LogP contribution in [0.1, 0.15) is 34.1 Å². The van der Waals surface area contributed by atoms with E-state index in [2.05, 4.69) is 6.07 Å². The molecule has 2 aromatic heterocycles. The summed E-state index contributed by atoms with van der Waals surface area (Å²) < 4.78 is 35.3. The van der Waals surface area contributed by atoms with Crippen LogP contribution in [0, 0.1) is 6.92 Å². The number of furan rings is 1. The van der Waals surface area contributed by atoms with E-state index in [1.165, 1.54) is 4.31 Å². The van der Waals surface area contributed by atoms with Gasteiger partial charge in [-0.05, 0) is 37.1 Å². The number of amides is 1. The molecule has 0 bridgehead atoms. The van der Waals surface area contributed by atoms with Gasteiger partial charge in [-0.2, -0.15) is 4.31 Å². The molecule has 1 fully saturated rings. The number of piperazine rings is 1. The second kappa shape index (κ2) is 9.36. The van der Waals surface area contributed by atoms with Crippen molar-refractivity contribution in [2.45, 2.75) is 32.2 Å². The zero-order valence-corrected chi connectivity index (χ0v) is 20.7. The number of fused-ring (bicyclic) bond motifs is 1. The summed E-state index contributed by atoms with van der Waals surface area (Å²) in [6.07, 6.45) is 1.63. The van der Waals surface area contributed by atoms with Crippen molar-refractivity contribution in [3.05, 3.63) is 95.4 Å². The first kappa shape index (κ1) is 23.4. The van der Waals surface area contributed by atoms with Crippen LogP contribution in [0.5, 0.6) is 0 Å². The molecule has 0 spiro atoms. The van der Waals surface area contributed by atoms with Gasteiger partial charge in [0.15, 0.2) is 0 Å². The summed E-state index contributed by atoms with van der Waals surface area (Å²) >= 11 is 0. The Bertz CT molecular complexity index is 1460. The number of nitrogens with zero attached hydrogens (tertiary/aromatic N) is 3. The third-order valence-corrected chi connectivity index (χ3v) is 8.50. The Labute approximate surface area is 205 Å². The van der Waals surface area contributed by atoms with Crippen molar-refractivity contribution < 1.29 is 17.6 Å². The highest BCUT2D eigenvalue weighted by atomic mass is 32.2. The molecule has 1 aliphatic heterocycles. The minimum Gasteiger partial charge on any atom is -0.448 e. The van der Waals surface area contributed by atoms with Crippen molar-refractivity contribution in [3.8, 4) is 0 Å². The first-order chi connectivity index (χ1) is 16.8. The maximum absolute atomic E-state index is 13.6. The molecule has 0 radical (unpaired) electrons. The van der Waals surface area contributed by atoms with E-state index in [9.17, 15) is 13.2 Å². The number of hydrogen-bond acceptors (Lipinski definition) is 4. The van der Waals surface area contributed by atoms with Gasteiger partial charge in [0.2, 0.25) is 15.7 Å². The topological polar surface area (TPSA) is 75.8 Å². The second-order valence-electron chi connectivity index (χ2n) is 9.24. The van der Waals surface area contributed by atoms with Crippen LogP contribution in [-0.2, 0) is 22.3 Å². The largest absolute Gasteiger partial charge is 0.448 e. The van der Waals surface area contributed by atoms with Crippen molar-refractivity contribution in [1.82, 2.24) is 13.8 Å². The molecule has 0 aliphatic carbocycles. The summed E-state index contributed by atoms with van der Waals surface area (Å²) in [5, 5.41) is 0.873. The fraction of sp³-hybridized carbons (Fsp3) is 0.296. The van der Waals surface area contributed by atoms with Crippen LogP contribution in [0.3, 0.4) is 0 Å². The van der Waals surface area contributed by atoms with Crippen molar-refractivity contribution in [2.24, 2.45) is 0 Å². The van der Waals surface area contributed by atoms with E-state index in [1.54, 1.807) is 11.2 Å². The molecule has 7 nitrogen and oxygen atoms in total. The van der Waals surface area contributed by atoms with Crippen LogP contribution in [0.4, 0.5) is 0 Å². The van der Waals surface area contributed by atoms with E-state index in [1.807, 2.05) is 79.1 Å². The average molecular weight is 492 g/mol. The summed E-state index contributed by atoms with van der Waals surface area (Å²) in [6.45, 7) is 5.37. The van der Waals surface area contributed by atoms with Crippen molar-refractivity contribution in [2.75, 3.05) is 19.6 Å². The quantitative estimate of drug-likeness (QED) is 0.404. The molecule has 5 rings (SSSR count). The molecule has 35 heavy (non-hydrogen) atoms. The summed E-state index contributed by atoms with van der Waals surface area (Å²) in [5.41, 5.74) is 4.20.